The molecule has 0 aromatic heterocycles. The number of benzene rings is 1. The van der Waals surface area contributed by atoms with Gasteiger partial charge in [-0.25, -0.2) is 0 Å². The molecular formula is C14H20N2O2. The maximum atomic E-state index is 11.7. The predicted molar refractivity (Wildman–Crippen MR) is 70.0 cm³/mol. The number of hydrogen-bond donors (Lipinski definition) is 2. The summed E-state index contributed by atoms with van der Waals surface area (Å²) in [5.41, 5.74) is 6.98. The molecule has 1 aromatic rings. The lowest BCUT2D eigenvalue weighted by Gasteiger charge is -2.14. The largest absolute Gasteiger partial charge is 0.376 e. The second-order valence-electron chi connectivity index (χ2n) is 4.66. The van der Waals surface area contributed by atoms with Gasteiger partial charge in [-0.3, -0.25) is 4.79 Å². The second kappa shape index (κ2) is 6.52. The van der Waals surface area contributed by atoms with Gasteiger partial charge in [0.25, 0.3) is 0 Å². The molecule has 4 nitrogen and oxygen atoms in total. The van der Waals surface area contributed by atoms with E-state index in [2.05, 4.69) is 5.32 Å². The van der Waals surface area contributed by atoms with Gasteiger partial charge >= 0.3 is 0 Å². The van der Waals surface area contributed by atoms with E-state index in [0.717, 1.165) is 25.0 Å². The smallest absolute Gasteiger partial charge is 0.221 e. The van der Waals surface area contributed by atoms with E-state index in [-0.39, 0.29) is 18.1 Å². The molecule has 1 amide bonds. The van der Waals surface area contributed by atoms with Crippen molar-refractivity contribution >= 4 is 5.91 Å². The summed E-state index contributed by atoms with van der Waals surface area (Å²) in [6.45, 7) is 1.41. The summed E-state index contributed by atoms with van der Waals surface area (Å²) >= 11 is 0. The lowest BCUT2D eigenvalue weighted by molar-refractivity contribution is -0.121. The molecule has 1 fully saturated rings. The minimum atomic E-state index is -0.240. The van der Waals surface area contributed by atoms with Gasteiger partial charge in [0.15, 0.2) is 0 Å². The number of carbonyl (C=O) groups excluding carboxylic acids is 1. The van der Waals surface area contributed by atoms with Crippen molar-refractivity contribution in [3.05, 3.63) is 35.9 Å². The number of carbonyl (C=O) groups is 1. The normalized spacial score (nSPS) is 20.6. The zero-order chi connectivity index (χ0) is 12.8. The van der Waals surface area contributed by atoms with E-state index in [0.29, 0.717) is 13.0 Å². The van der Waals surface area contributed by atoms with Gasteiger partial charge in [0, 0.05) is 25.6 Å². The van der Waals surface area contributed by atoms with Gasteiger partial charge < -0.3 is 15.8 Å². The van der Waals surface area contributed by atoms with Crippen LogP contribution in [-0.2, 0) is 9.53 Å². The quantitative estimate of drug-likeness (QED) is 0.827. The lowest BCUT2D eigenvalue weighted by Crippen LogP contribution is -2.33. The van der Waals surface area contributed by atoms with E-state index in [1.807, 2.05) is 30.3 Å². The van der Waals surface area contributed by atoms with Crippen LogP contribution in [0, 0.1) is 0 Å². The second-order valence-corrected chi connectivity index (χ2v) is 4.66. The Kier molecular flexibility index (Phi) is 4.73. The topological polar surface area (TPSA) is 64.4 Å². The summed E-state index contributed by atoms with van der Waals surface area (Å²) < 4.78 is 5.45. The minimum Gasteiger partial charge on any atom is -0.376 e. The highest BCUT2D eigenvalue weighted by Gasteiger charge is 2.17. The molecule has 1 saturated heterocycles. The number of nitrogens with two attached hydrogens (primary N) is 1. The van der Waals surface area contributed by atoms with Crippen molar-refractivity contribution < 1.29 is 9.53 Å². The van der Waals surface area contributed by atoms with Crippen LogP contribution in [0.1, 0.15) is 30.9 Å². The van der Waals surface area contributed by atoms with Crippen molar-refractivity contribution in [2.45, 2.75) is 31.4 Å². The van der Waals surface area contributed by atoms with Crippen molar-refractivity contribution in [3.63, 3.8) is 0 Å². The number of nitrogens with one attached hydrogen (secondary N) is 1. The van der Waals surface area contributed by atoms with E-state index < -0.39 is 0 Å². The van der Waals surface area contributed by atoms with E-state index in [1.165, 1.54) is 0 Å². The average molecular weight is 248 g/mol. The van der Waals surface area contributed by atoms with Crippen molar-refractivity contribution in [2.75, 3.05) is 13.2 Å². The Morgan fingerprint density at radius 2 is 2.22 bits per heavy atom. The maximum Gasteiger partial charge on any atom is 0.221 e. The van der Waals surface area contributed by atoms with Gasteiger partial charge in [-0.15, -0.1) is 0 Å². The van der Waals surface area contributed by atoms with Gasteiger partial charge in [0.05, 0.1) is 6.10 Å². The first-order valence-corrected chi connectivity index (χ1v) is 6.44. The highest BCUT2D eigenvalue weighted by Crippen LogP contribution is 2.14. The fourth-order valence-corrected chi connectivity index (χ4v) is 2.12. The summed E-state index contributed by atoms with van der Waals surface area (Å²) in [6, 6.07) is 9.44. The van der Waals surface area contributed by atoms with Crippen LogP contribution in [0.4, 0.5) is 0 Å². The van der Waals surface area contributed by atoms with Crippen molar-refractivity contribution in [1.82, 2.24) is 5.32 Å². The monoisotopic (exact) mass is 248 g/mol. The Labute approximate surface area is 108 Å². The molecule has 1 aromatic carbocycles. The number of amides is 1. The summed E-state index contributed by atoms with van der Waals surface area (Å²) in [4.78, 5) is 11.7. The summed E-state index contributed by atoms with van der Waals surface area (Å²) in [5.74, 6) is -0.0122. The summed E-state index contributed by atoms with van der Waals surface area (Å²) in [7, 11) is 0. The fourth-order valence-electron chi connectivity index (χ4n) is 2.12. The Hall–Kier alpha value is -1.39. The molecule has 0 spiro atoms. The van der Waals surface area contributed by atoms with E-state index >= 15 is 0 Å². The van der Waals surface area contributed by atoms with E-state index in [4.69, 9.17) is 10.5 Å². The highest BCUT2D eigenvalue weighted by atomic mass is 16.5. The highest BCUT2D eigenvalue weighted by molar-refractivity contribution is 5.76. The van der Waals surface area contributed by atoms with Crippen LogP contribution in [0.25, 0.3) is 0 Å². The van der Waals surface area contributed by atoms with Crippen molar-refractivity contribution in [3.8, 4) is 0 Å². The number of ether oxygens (including phenoxy) is 1. The van der Waals surface area contributed by atoms with Gasteiger partial charge in [0.2, 0.25) is 5.91 Å². The van der Waals surface area contributed by atoms with Crippen LogP contribution < -0.4 is 11.1 Å². The first-order valence-electron chi connectivity index (χ1n) is 6.44. The molecular weight excluding hydrogens is 228 g/mol. The molecule has 2 rings (SSSR count). The van der Waals surface area contributed by atoms with Crippen LogP contribution in [0.2, 0.25) is 0 Å². The van der Waals surface area contributed by atoms with Gasteiger partial charge in [-0.1, -0.05) is 30.3 Å². The third-order valence-corrected chi connectivity index (χ3v) is 3.18. The minimum absolute atomic E-state index is 0.0122. The number of hydrogen-bond acceptors (Lipinski definition) is 3. The first-order chi connectivity index (χ1) is 8.75. The molecule has 1 aliphatic heterocycles. The van der Waals surface area contributed by atoms with Gasteiger partial charge in [-0.2, -0.15) is 0 Å². The predicted octanol–water partition coefficient (Wildman–Crippen LogP) is 1.37. The molecule has 4 heteroatoms. The first kappa shape index (κ1) is 13.1. The fraction of sp³-hybridized carbons (Fsp3) is 0.500. The van der Waals surface area contributed by atoms with Gasteiger partial charge in [-0.05, 0) is 18.4 Å². The Morgan fingerprint density at radius 3 is 2.89 bits per heavy atom. The zero-order valence-electron chi connectivity index (χ0n) is 10.5. The zero-order valence-corrected chi connectivity index (χ0v) is 10.5. The summed E-state index contributed by atoms with van der Waals surface area (Å²) in [6.07, 6.45) is 2.62. The molecule has 0 unspecified atom stereocenters. The van der Waals surface area contributed by atoms with Crippen molar-refractivity contribution in [1.29, 1.82) is 0 Å². The van der Waals surface area contributed by atoms with Crippen LogP contribution in [0.5, 0.6) is 0 Å². The van der Waals surface area contributed by atoms with Crippen LogP contribution in [0.15, 0.2) is 30.3 Å². The average Bonchev–Trinajstić information content (AvgIpc) is 2.90. The summed E-state index contributed by atoms with van der Waals surface area (Å²) in [5, 5.41) is 2.88. The Bertz CT molecular complexity index is 375. The third-order valence-electron chi connectivity index (χ3n) is 3.18. The van der Waals surface area contributed by atoms with Gasteiger partial charge in [0.1, 0.15) is 0 Å². The van der Waals surface area contributed by atoms with Crippen molar-refractivity contribution in [2.24, 2.45) is 5.73 Å². The molecule has 3 N–H and O–H groups in total. The van der Waals surface area contributed by atoms with Crippen LogP contribution >= 0.6 is 0 Å². The lowest BCUT2D eigenvalue weighted by atomic mass is 10.0. The maximum absolute atomic E-state index is 11.7. The molecule has 18 heavy (non-hydrogen) atoms. The molecule has 98 valence electrons. The molecule has 2 atom stereocenters. The molecule has 0 bridgehead atoms. The van der Waals surface area contributed by atoms with E-state index in [1.54, 1.807) is 0 Å². The Morgan fingerprint density at radius 1 is 1.44 bits per heavy atom. The molecule has 1 heterocycles. The molecule has 0 aliphatic carbocycles. The Balaban J connectivity index is 1.73. The number of rotatable bonds is 5. The molecule has 0 saturated carbocycles. The van der Waals surface area contributed by atoms with Crippen LogP contribution in [0.3, 0.4) is 0 Å². The third kappa shape index (κ3) is 3.82. The molecule has 0 radical (unpaired) electrons. The van der Waals surface area contributed by atoms with Crippen LogP contribution in [-0.4, -0.2) is 25.2 Å². The SMILES string of the molecule is N[C@H](CC(=O)NC[C@H]1CCCO1)c1ccccc1. The molecule has 1 aliphatic rings. The standard InChI is InChI=1S/C14H20N2O2/c15-13(11-5-2-1-3-6-11)9-14(17)16-10-12-7-4-8-18-12/h1-3,5-6,12-13H,4,7-10,15H2,(H,16,17)/t12-,13-/m1/s1. The van der Waals surface area contributed by atoms with E-state index in [9.17, 15) is 4.79 Å².